The van der Waals surface area contributed by atoms with E-state index in [1.165, 1.54) is 12.1 Å². The molecule has 36 heavy (non-hydrogen) atoms. The number of H-pyrrole nitrogens is 1. The normalized spacial score (nSPS) is 11.3. The van der Waals surface area contributed by atoms with Gasteiger partial charge in [-0.3, -0.25) is 9.78 Å². The molecule has 5 rings (SSSR count). The lowest BCUT2D eigenvalue weighted by Crippen LogP contribution is -2.26. The molecule has 1 amide bonds. The van der Waals surface area contributed by atoms with Crippen LogP contribution in [0, 0.1) is 6.92 Å². The van der Waals surface area contributed by atoms with E-state index >= 15 is 0 Å². The van der Waals surface area contributed by atoms with E-state index in [2.05, 4.69) is 15.3 Å². The van der Waals surface area contributed by atoms with Crippen molar-refractivity contribution < 1.29 is 18.0 Å². The van der Waals surface area contributed by atoms with Crippen molar-refractivity contribution in [2.45, 2.75) is 19.6 Å². The van der Waals surface area contributed by atoms with E-state index in [1.807, 2.05) is 43.3 Å². The lowest BCUT2D eigenvalue weighted by Gasteiger charge is -2.12. The molecule has 5 aromatic rings. The summed E-state index contributed by atoms with van der Waals surface area (Å²) in [5.74, 6) is -0.788. The average molecular weight is 530 g/mol. The van der Waals surface area contributed by atoms with Gasteiger partial charge in [-0.1, -0.05) is 53.5 Å². The summed E-state index contributed by atoms with van der Waals surface area (Å²) < 4.78 is 39.2. The molecule has 2 heterocycles. The molecule has 9 heteroatoms. The summed E-state index contributed by atoms with van der Waals surface area (Å²) in [6.07, 6.45) is -2.93. The summed E-state index contributed by atoms with van der Waals surface area (Å²) in [7, 11) is 0. The van der Waals surface area contributed by atoms with E-state index in [0.717, 1.165) is 49.5 Å². The van der Waals surface area contributed by atoms with Crippen molar-refractivity contribution in [1.82, 2.24) is 15.3 Å². The highest BCUT2D eigenvalue weighted by molar-refractivity contribution is 6.33. The number of benzene rings is 3. The number of carbonyl (C=O) groups excluding carboxylic acids is 1. The number of aromatic nitrogens is 2. The quantitative estimate of drug-likeness (QED) is 0.249. The second kappa shape index (κ2) is 10.6. The average Bonchev–Trinajstić information content (AvgIpc) is 3.23. The number of hydrogen-bond acceptors (Lipinski definition) is 2. The van der Waals surface area contributed by atoms with E-state index in [9.17, 15) is 18.0 Å². The molecule has 2 N–H and O–H groups in total. The first kappa shape index (κ1) is 25.5. The second-order valence-corrected chi connectivity index (χ2v) is 8.85. The number of nitrogens with zero attached hydrogens (tertiary/aromatic N) is 1. The summed E-state index contributed by atoms with van der Waals surface area (Å²) in [6, 6.07) is 19.7. The zero-order valence-corrected chi connectivity index (χ0v) is 20.5. The van der Waals surface area contributed by atoms with Crippen LogP contribution in [0.4, 0.5) is 13.2 Å². The van der Waals surface area contributed by atoms with Gasteiger partial charge >= 0.3 is 6.18 Å². The van der Waals surface area contributed by atoms with Crippen LogP contribution in [0.5, 0.6) is 0 Å². The van der Waals surface area contributed by atoms with Crippen LogP contribution in [0.3, 0.4) is 0 Å². The van der Waals surface area contributed by atoms with Crippen molar-refractivity contribution in [2.24, 2.45) is 0 Å². The van der Waals surface area contributed by atoms with Gasteiger partial charge in [-0.15, -0.1) is 0 Å². The van der Waals surface area contributed by atoms with Crippen molar-refractivity contribution >= 4 is 50.9 Å². The molecule has 0 aliphatic heterocycles. The molecule has 0 fully saturated rings. The van der Waals surface area contributed by atoms with Gasteiger partial charge in [0.15, 0.2) is 0 Å². The van der Waals surface area contributed by atoms with Gasteiger partial charge in [-0.05, 0) is 55.0 Å². The molecular formula is C27H20Cl2F3N3O. The second-order valence-electron chi connectivity index (χ2n) is 8.01. The summed E-state index contributed by atoms with van der Waals surface area (Å²) in [5, 5.41) is 5.98. The number of alkyl halides is 3. The fourth-order valence-electron chi connectivity index (χ4n) is 3.69. The van der Waals surface area contributed by atoms with Crippen molar-refractivity contribution in [3.63, 3.8) is 0 Å². The number of halogens is 5. The number of rotatable bonds is 3. The third-order valence-corrected chi connectivity index (χ3v) is 6.13. The zero-order chi connectivity index (χ0) is 25.9. The molecular weight excluding hydrogens is 510 g/mol. The van der Waals surface area contributed by atoms with Crippen LogP contribution < -0.4 is 5.32 Å². The number of hydrogen-bond donors (Lipinski definition) is 2. The number of carbonyl (C=O) groups is 1. The van der Waals surface area contributed by atoms with Gasteiger partial charge in [0, 0.05) is 26.3 Å². The van der Waals surface area contributed by atoms with Gasteiger partial charge in [-0.25, -0.2) is 0 Å². The molecule has 0 bridgehead atoms. The number of aromatic amines is 1. The Morgan fingerprint density at radius 2 is 1.67 bits per heavy atom. The Labute approximate surface area is 215 Å². The first-order chi connectivity index (χ1) is 17.1. The molecule has 3 aromatic carbocycles. The number of aryl methyl sites for hydroxylation is 1. The van der Waals surface area contributed by atoms with Gasteiger partial charge in [0.2, 0.25) is 0 Å². The Morgan fingerprint density at radius 1 is 0.944 bits per heavy atom. The third-order valence-electron chi connectivity index (χ3n) is 5.47. The van der Waals surface area contributed by atoms with Gasteiger partial charge < -0.3 is 10.3 Å². The van der Waals surface area contributed by atoms with Crippen LogP contribution in [0.25, 0.3) is 21.8 Å². The highest BCUT2D eigenvalue weighted by Crippen LogP contribution is 2.32. The number of fused-ring (bicyclic) bond motifs is 3. The minimum Gasteiger partial charge on any atom is -0.353 e. The number of pyridine rings is 1. The van der Waals surface area contributed by atoms with E-state index in [-0.39, 0.29) is 6.54 Å². The maximum Gasteiger partial charge on any atom is 0.417 e. The van der Waals surface area contributed by atoms with Crippen LogP contribution in [0.2, 0.25) is 10.0 Å². The summed E-state index contributed by atoms with van der Waals surface area (Å²) in [5.41, 5.74) is 2.04. The fraction of sp³-hybridized carbons (Fsp3) is 0.111. The standard InChI is InChI=1S/C20H14F3N3O.C7H6Cl2/c21-20(22,23)16-7-3-1-6-14(16)19(27)25-10-12-9-15-13-5-2-4-8-17(13)26-18(15)11-24-12;1-5-4-6(8)2-3-7(5)9/h1-9,11,26H,10H2,(H,25,27);2-4H,1H3. The lowest BCUT2D eigenvalue weighted by atomic mass is 10.1. The Kier molecular flexibility index (Phi) is 7.52. The molecule has 0 atom stereocenters. The molecule has 4 nitrogen and oxygen atoms in total. The Morgan fingerprint density at radius 3 is 2.39 bits per heavy atom. The molecule has 0 aliphatic rings. The third kappa shape index (κ3) is 5.80. The van der Waals surface area contributed by atoms with Crippen LogP contribution in [-0.2, 0) is 12.7 Å². The maximum atomic E-state index is 13.1. The number of amides is 1. The van der Waals surface area contributed by atoms with E-state index in [0.29, 0.717) is 5.69 Å². The van der Waals surface area contributed by atoms with Crippen molar-refractivity contribution in [3.05, 3.63) is 111 Å². The minimum atomic E-state index is -4.59. The van der Waals surface area contributed by atoms with Gasteiger partial charge in [0.25, 0.3) is 5.91 Å². The molecule has 0 saturated carbocycles. The van der Waals surface area contributed by atoms with E-state index < -0.39 is 23.2 Å². The molecule has 184 valence electrons. The van der Waals surface area contributed by atoms with Crippen LogP contribution in [-0.4, -0.2) is 15.9 Å². The lowest BCUT2D eigenvalue weighted by molar-refractivity contribution is -0.137. The smallest absolute Gasteiger partial charge is 0.353 e. The first-order valence-electron chi connectivity index (χ1n) is 10.8. The van der Waals surface area contributed by atoms with Gasteiger partial charge in [-0.2, -0.15) is 13.2 Å². The number of nitrogens with one attached hydrogen (secondary N) is 2. The first-order valence-corrected chi connectivity index (χ1v) is 11.6. The molecule has 2 aromatic heterocycles. The highest BCUT2D eigenvalue weighted by Gasteiger charge is 2.34. The van der Waals surface area contributed by atoms with E-state index in [1.54, 1.807) is 18.3 Å². The predicted molar refractivity (Wildman–Crippen MR) is 137 cm³/mol. The summed E-state index contributed by atoms with van der Waals surface area (Å²) >= 11 is 11.4. The maximum absolute atomic E-state index is 13.1. The summed E-state index contributed by atoms with van der Waals surface area (Å²) in [4.78, 5) is 19.8. The van der Waals surface area contributed by atoms with Crippen LogP contribution in [0.15, 0.2) is 79.0 Å². The summed E-state index contributed by atoms with van der Waals surface area (Å²) in [6.45, 7) is 1.95. The van der Waals surface area contributed by atoms with Gasteiger partial charge in [0.05, 0.1) is 35.1 Å². The molecule has 0 spiro atoms. The monoisotopic (exact) mass is 529 g/mol. The molecule has 0 unspecified atom stereocenters. The van der Waals surface area contributed by atoms with Crippen LogP contribution >= 0.6 is 23.2 Å². The Hall–Kier alpha value is -3.55. The largest absolute Gasteiger partial charge is 0.417 e. The molecule has 0 radical (unpaired) electrons. The highest BCUT2D eigenvalue weighted by atomic mass is 35.5. The fourth-order valence-corrected chi connectivity index (χ4v) is 4.04. The van der Waals surface area contributed by atoms with Crippen LogP contribution in [0.1, 0.15) is 27.2 Å². The minimum absolute atomic E-state index is 0.0282. The topological polar surface area (TPSA) is 57.8 Å². The molecule has 0 saturated heterocycles. The zero-order valence-electron chi connectivity index (χ0n) is 19.0. The number of para-hydroxylation sites is 1. The van der Waals surface area contributed by atoms with Crippen molar-refractivity contribution in [2.75, 3.05) is 0 Å². The van der Waals surface area contributed by atoms with Crippen molar-refractivity contribution in [3.8, 4) is 0 Å². The predicted octanol–water partition coefficient (Wildman–Crippen LogP) is 7.97. The SMILES string of the molecule is Cc1cc(Cl)ccc1Cl.O=C(NCc1cc2c(cn1)[nH]c1ccccc12)c1ccccc1C(F)(F)F. The van der Waals surface area contributed by atoms with Gasteiger partial charge in [0.1, 0.15) is 0 Å². The van der Waals surface area contributed by atoms with E-state index in [4.69, 9.17) is 23.2 Å². The Balaban J connectivity index is 0.000000286. The van der Waals surface area contributed by atoms with Crippen molar-refractivity contribution in [1.29, 1.82) is 0 Å². The Bertz CT molecular complexity index is 1550. The molecule has 0 aliphatic carbocycles.